The van der Waals surface area contributed by atoms with Crippen LogP contribution in [0.25, 0.3) is 0 Å². The van der Waals surface area contributed by atoms with Crippen LogP contribution in [-0.4, -0.2) is 25.1 Å². The lowest BCUT2D eigenvalue weighted by Gasteiger charge is -2.20. The number of hydrogen-bond acceptors (Lipinski definition) is 4. The molecule has 0 fully saturated rings. The fourth-order valence-corrected chi connectivity index (χ4v) is 1.67. The van der Waals surface area contributed by atoms with E-state index in [0.29, 0.717) is 18.7 Å². The molecule has 0 heterocycles. The Bertz CT molecular complexity index is 484. The summed E-state index contributed by atoms with van der Waals surface area (Å²) < 4.78 is 18.3. The van der Waals surface area contributed by atoms with Gasteiger partial charge >= 0.3 is 0 Å². The molecule has 0 aliphatic heterocycles. The van der Waals surface area contributed by atoms with E-state index < -0.39 is 5.82 Å². The Morgan fingerprint density at radius 1 is 1.40 bits per heavy atom. The van der Waals surface area contributed by atoms with E-state index in [4.69, 9.17) is 10.5 Å². The van der Waals surface area contributed by atoms with Crippen LogP contribution in [0.2, 0.25) is 0 Å². The molecule has 20 heavy (non-hydrogen) atoms. The number of nitrogens with two attached hydrogens (primary N) is 1. The number of carbonyl (C=O) groups excluding carboxylic acids is 1. The molecule has 0 saturated heterocycles. The number of ether oxygens (including phenoxy) is 1. The Labute approximate surface area is 118 Å². The third-order valence-corrected chi connectivity index (χ3v) is 2.51. The molecule has 1 aromatic carbocycles. The molecule has 0 aliphatic carbocycles. The molecule has 112 valence electrons. The SMILES string of the molecule is COc1cc(NCCC(=O)NC(C)(C)C)c(N)cc1F. The van der Waals surface area contributed by atoms with Gasteiger partial charge in [0.05, 0.1) is 18.5 Å². The van der Waals surface area contributed by atoms with Crippen molar-refractivity contribution in [3.63, 3.8) is 0 Å². The molecule has 0 radical (unpaired) electrons. The smallest absolute Gasteiger partial charge is 0.222 e. The average Bonchev–Trinajstić information content (AvgIpc) is 2.29. The number of methoxy groups -OCH3 is 1. The van der Waals surface area contributed by atoms with Crippen LogP contribution in [0.5, 0.6) is 5.75 Å². The number of hydrogen-bond donors (Lipinski definition) is 3. The second kappa shape index (κ2) is 6.45. The first-order valence-electron chi connectivity index (χ1n) is 6.41. The van der Waals surface area contributed by atoms with Crippen LogP contribution in [0.1, 0.15) is 27.2 Å². The predicted octanol–water partition coefficient (Wildman–Crippen LogP) is 2.13. The average molecular weight is 283 g/mol. The highest BCUT2D eigenvalue weighted by Crippen LogP contribution is 2.27. The van der Waals surface area contributed by atoms with Crippen LogP contribution in [0.15, 0.2) is 12.1 Å². The third-order valence-electron chi connectivity index (χ3n) is 2.51. The summed E-state index contributed by atoms with van der Waals surface area (Å²) in [5.74, 6) is -0.459. The number of nitrogen functional groups attached to an aromatic ring is 1. The molecule has 1 rings (SSSR count). The molecule has 0 aliphatic rings. The van der Waals surface area contributed by atoms with E-state index >= 15 is 0 Å². The van der Waals surface area contributed by atoms with Crippen molar-refractivity contribution < 1.29 is 13.9 Å². The minimum absolute atomic E-state index is 0.0577. The van der Waals surface area contributed by atoms with E-state index in [9.17, 15) is 9.18 Å². The van der Waals surface area contributed by atoms with E-state index in [1.54, 1.807) is 0 Å². The summed E-state index contributed by atoms with van der Waals surface area (Å²) in [5.41, 5.74) is 6.28. The third kappa shape index (κ3) is 4.95. The van der Waals surface area contributed by atoms with Crippen LogP contribution in [0.3, 0.4) is 0 Å². The van der Waals surface area contributed by atoms with Gasteiger partial charge in [0.1, 0.15) is 0 Å². The van der Waals surface area contributed by atoms with Gasteiger partial charge in [-0.3, -0.25) is 4.79 Å². The summed E-state index contributed by atoms with van der Waals surface area (Å²) in [6, 6.07) is 2.67. The highest BCUT2D eigenvalue weighted by Gasteiger charge is 2.13. The lowest BCUT2D eigenvalue weighted by Crippen LogP contribution is -2.41. The molecule has 1 aromatic rings. The van der Waals surface area contributed by atoms with Crippen molar-refractivity contribution in [3.8, 4) is 5.75 Å². The molecule has 6 heteroatoms. The molecule has 0 unspecified atom stereocenters. The Morgan fingerprint density at radius 2 is 2.05 bits per heavy atom. The molecular weight excluding hydrogens is 261 g/mol. The molecule has 0 aromatic heterocycles. The highest BCUT2D eigenvalue weighted by molar-refractivity contribution is 5.77. The molecule has 5 nitrogen and oxygen atoms in total. The van der Waals surface area contributed by atoms with Crippen LogP contribution in [0, 0.1) is 5.82 Å². The minimum Gasteiger partial charge on any atom is -0.494 e. The Hall–Kier alpha value is -1.98. The highest BCUT2D eigenvalue weighted by atomic mass is 19.1. The summed E-state index contributed by atoms with van der Waals surface area (Å²) in [6.07, 6.45) is 0.302. The fourth-order valence-electron chi connectivity index (χ4n) is 1.67. The van der Waals surface area contributed by atoms with Gasteiger partial charge in [0.25, 0.3) is 0 Å². The summed E-state index contributed by atoms with van der Waals surface area (Å²) in [7, 11) is 1.38. The Balaban J connectivity index is 2.56. The zero-order valence-electron chi connectivity index (χ0n) is 12.3. The lowest BCUT2D eigenvalue weighted by atomic mass is 10.1. The maximum absolute atomic E-state index is 13.4. The minimum atomic E-state index is -0.513. The zero-order chi connectivity index (χ0) is 15.3. The van der Waals surface area contributed by atoms with Crippen molar-refractivity contribution in [3.05, 3.63) is 17.9 Å². The number of benzene rings is 1. The van der Waals surface area contributed by atoms with E-state index in [1.165, 1.54) is 19.2 Å². The van der Waals surface area contributed by atoms with Crippen LogP contribution in [0.4, 0.5) is 15.8 Å². The number of nitrogens with one attached hydrogen (secondary N) is 2. The van der Waals surface area contributed by atoms with Crippen LogP contribution < -0.4 is 21.1 Å². The molecule has 0 saturated carbocycles. The van der Waals surface area contributed by atoms with Gasteiger partial charge in [0.15, 0.2) is 11.6 Å². The van der Waals surface area contributed by atoms with Gasteiger partial charge < -0.3 is 21.1 Å². The van der Waals surface area contributed by atoms with Gasteiger partial charge in [-0.05, 0) is 20.8 Å². The second-order valence-electron chi connectivity index (χ2n) is 5.55. The number of amides is 1. The van der Waals surface area contributed by atoms with Crippen molar-refractivity contribution in [2.75, 3.05) is 24.7 Å². The summed E-state index contributed by atoms with van der Waals surface area (Å²) >= 11 is 0. The van der Waals surface area contributed by atoms with Gasteiger partial charge in [-0.2, -0.15) is 0 Å². The first kappa shape index (κ1) is 16.1. The molecule has 1 amide bonds. The first-order valence-corrected chi connectivity index (χ1v) is 6.41. The molecule has 0 bridgehead atoms. The quantitative estimate of drug-likeness (QED) is 0.724. The van der Waals surface area contributed by atoms with E-state index in [1.807, 2.05) is 20.8 Å². The normalized spacial score (nSPS) is 11.1. The first-order chi connectivity index (χ1) is 9.23. The Morgan fingerprint density at radius 3 is 2.60 bits per heavy atom. The van der Waals surface area contributed by atoms with E-state index in [0.717, 1.165) is 0 Å². The van der Waals surface area contributed by atoms with Gasteiger partial charge in [0, 0.05) is 30.6 Å². The number of halogens is 1. The topological polar surface area (TPSA) is 76.4 Å². The number of anilines is 2. The van der Waals surface area contributed by atoms with Crippen LogP contribution in [-0.2, 0) is 4.79 Å². The second-order valence-corrected chi connectivity index (χ2v) is 5.55. The Kier molecular flexibility index (Phi) is 5.19. The number of carbonyl (C=O) groups is 1. The molecule has 0 spiro atoms. The van der Waals surface area contributed by atoms with Gasteiger partial charge in [-0.15, -0.1) is 0 Å². The van der Waals surface area contributed by atoms with Gasteiger partial charge in [-0.25, -0.2) is 4.39 Å². The zero-order valence-corrected chi connectivity index (χ0v) is 12.3. The fraction of sp³-hybridized carbons (Fsp3) is 0.500. The van der Waals surface area contributed by atoms with Crippen LogP contribution >= 0.6 is 0 Å². The van der Waals surface area contributed by atoms with Gasteiger partial charge in [0.2, 0.25) is 5.91 Å². The van der Waals surface area contributed by atoms with E-state index in [2.05, 4.69) is 10.6 Å². The molecular formula is C14H22FN3O2. The molecule has 0 atom stereocenters. The van der Waals surface area contributed by atoms with Gasteiger partial charge in [-0.1, -0.05) is 0 Å². The van der Waals surface area contributed by atoms with Crippen molar-refractivity contribution >= 4 is 17.3 Å². The van der Waals surface area contributed by atoms with Crippen molar-refractivity contribution in [2.24, 2.45) is 0 Å². The van der Waals surface area contributed by atoms with Crippen molar-refractivity contribution in [2.45, 2.75) is 32.7 Å². The maximum atomic E-state index is 13.4. The summed E-state index contributed by atoms with van der Waals surface area (Å²) in [6.45, 7) is 6.16. The molecule has 4 N–H and O–H groups in total. The summed E-state index contributed by atoms with van der Waals surface area (Å²) in [5, 5.41) is 5.86. The monoisotopic (exact) mass is 283 g/mol. The summed E-state index contributed by atoms with van der Waals surface area (Å²) in [4.78, 5) is 11.6. The standard InChI is InChI=1S/C14H22FN3O2/c1-14(2,3)18-13(19)5-6-17-11-8-12(20-4)9(15)7-10(11)16/h7-8,17H,5-6,16H2,1-4H3,(H,18,19). The predicted molar refractivity (Wildman–Crippen MR) is 78.4 cm³/mol. The largest absolute Gasteiger partial charge is 0.494 e. The maximum Gasteiger partial charge on any atom is 0.222 e. The van der Waals surface area contributed by atoms with E-state index in [-0.39, 0.29) is 22.9 Å². The van der Waals surface area contributed by atoms with Crippen molar-refractivity contribution in [1.82, 2.24) is 5.32 Å². The van der Waals surface area contributed by atoms with Crippen molar-refractivity contribution in [1.29, 1.82) is 0 Å². The lowest BCUT2D eigenvalue weighted by molar-refractivity contribution is -0.122. The number of rotatable bonds is 5.